The predicted octanol–water partition coefficient (Wildman–Crippen LogP) is 4.75. The lowest BCUT2D eigenvalue weighted by molar-refractivity contribution is -0.122. The Kier molecular flexibility index (Phi) is 7.67. The van der Waals surface area contributed by atoms with Crippen molar-refractivity contribution in [2.24, 2.45) is 0 Å². The predicted molar refractivity (Wildman–Crippen MR) is 141 cm³/mol. The summed E-state index contributed by atoms with van der Waals surface area (Å²) in [6.45, 7) is 2.55. The van der Waals surface area contributed by atoms with Crippen LogP contribution in [0.3, 0.4) is 0 Å². The van der Waals surface area contributed by atoms with E-state index in [9.17, 15) is 9.59 Å². The zero-order chi connectivity index (χ0) is 25.6. The van der Waals surface area contributed by atoms with Crippen molar-refractivity contribution in [3.05, 3.63) is 70.7 Å². The van der Waals surface area contributed by atoms with E-state index in [0.29, 0.717) is 18.8 Å². The van der Waals surface area contributed by atoms with Crippen LogP contribution in [0.2, 0.25) is 0 Å². The maximum Gasteiger partial charge on any atom is 0.329 e. The van der Waals surface area contributed by atoms with Gasteiger partial charge in [-0.05, 0) is 58.9 Å². The van der Waals surface area contributed by atoms with Crippen LogP contribution in [0.25, 0.3) is 22.5 Å². The molecule has 0 aliphatic heterocycles. The van der Waals surface area contributed by atoms with Gasteiger partial charge in [-0.25, -0.2) is 9.89 Å². The second-order valence-corrected chi connectivity index (χ2v) is 9.80. The molecule has 0 amide bonds. The molecule has 1 unspecified atom stereocenters. The van der Waals surface area contributed by atoms with E-state index in [4.69, 9.17) is 0 Å². The summed E-state index contributed by atoms with van der Waals surface area (Å²) < 4.78 is 3.56. The number of hydrogen-bond acceptors (Lipinski definition) is 6. The fourth-order valence-corrected chi connectivity index (χ4v) is 5.20. The summed E-state index contributed by atoms with van der Waals surface area (Å²) in [6.07, 6.45) is 13.8. The molecule has 0 bridgehead atoms. The first kappa shape index (κ1) is 24.8. The molecule has 5 rings (SSSR count). The third kappa shape index (κ3) is 5.45. The van der Waals surface area contributed by atoms with Crippen LogP contribution in [-0.2, 0) is 17.8 Å². The van der Waals surface area contributed by atoms with Gasteiger partial charge in [-0.2, -0.15) is 0 Å². The summed E-state index contributed by atoms with van der Waals surface area (Å²) >= 11 is 0. The van der Waals surface area contributed by atoms with E-state index in [-0.39, 0.29) is 17.5 Å². The van der Waals surface area contributed by atoms with E-state index >= 15 is 0 Å². The summed E-state index contributed by atoms with van der Waals surface area (Å²) in [5.74, 6) is 0.795. The summed E-state index contributed by atoms with van der Waals surface area (Å²) in [6, 6.07) is 9.60. The molecule has 1 atom stereocenters. The molecule has 1 aliphatic carbocycles. The first-order chi connectivity index (χ1) is 18.2. The number of tetrazole rings is 1. The highest BCUT2D eigenvalue weighted by Gasteiger charge is 2.25. The first-order valence-corrected chi connectivity index (χ1v) is 13.3. The molecule has 3 heterocycles. The number of aryl methyl sites for hydroxylation is 1. The molecule has 4 aromatic rings. The van der Waals surface area contributed by atoms with Gasteiger partial charge in [0.2, 0.25) is 0 Å². The lowest BCUT2D eigenvalue weighted by atomic mass is 9.95. The minimum atomic E-state index is -0.360. The highest BCUT2D eigenvalue weighted by Crippen LogP contribution is 2.27. The van der Waals surface area contributed by atoms with Crippen molar-refractivity contribution >= 4 is 5.78 Å². The number of unbranched alkanes of at least 4 members (excludes halogenated alkanes) is 1. The highest BCUT2D eigenvalue weighted by atomic mass is 16.2. The van der Waals surface area contributed by atoms with Crippen molar-refractivity contribution < 1.29 is 4.79 Å². The molecule has 1 aliphatic rings. The average Bonchev–Trinajstić information content (AvgIpc) is 3.55. The first-order valence-electron chi connectivity index (χ1n) is 13.3. The number of imidazole rings is 1. The van der Waals surface area contributed by atoms with Gasteiger partial charge in [0.1, 0.15) is 0 Å². The topological polar surface area (TPSA) is 111 Å². The quantitative estimate of drug-likeness (QED) is 0.375. The van der Waals surface area contributed by atoms with Crippen LogP contribution >= 0.6 is 0 Å². The average molecular weight is 500 g/mol. The van der Waals surface area contributed by atoms with E-state index in [1.54, 1.807) is 10.8 Å². The fourth-order valence-electron chi connectivity index (χ4n) is 5.20. The van der Waals surface area contributed by atoms with Gasteiger partial charge in [0.05, 0.1) is 12.6 Å². The number of rotatable bonds is 8. The van der Waals surface area contributed by atoms with Gasteiger partial charge in [-0.1, -0.05) is 56.9 Å². The minimum Gasteiger partial charge on any atom is -0.297 e. The maximum atomic E-state index is 13.8. The van der Waals surface area contributed by atoms with Crippen LogP contribution in [0, 0.1) is 0 Å². The zero-order valence-electron chi connectivity index (χ0n) is 21.3. The number of carbonyl (C=O) groups excluding carboxylic acids is 1. The van der Waals surface area contributed by atoms with Gasteiger partial charge in [0, 0.05) is 36.3 Å². The van der Waals surface area contributed by atoms with Crippen molar-refractivity contribution in [3.8, 4) is 22.5 Å². The van der Waals surface area contributed by atoms with Gasteiger partial charge in [-0.15, -0.1) is 5.10 Å². The van der Waals surface area contributed by atoms with Gasteiger partial charge in [-0.3, -0.25) is 18.9 Å². The molecule has 0 radical (unpaired) electrons. The molecular weight excluding hydrogens is 466 g/mol. The summed E-state index contributed by atoms with van der Waals surface area (Å²) in [5.41, 5.74) is 4.76. The number of carbonyl (C=O) groups is 1. The van der Waals surface area contributed by atoms with Crippen LogP contribution < -0.4 is 5.69 Å². The Balaban J connectivity index is 1.49. The molecule has 1 N–H and O–H groups in total. The van der Waals surface area contributed by atoms with Gasteiger partial charge >= 0.3 is 5.69 Å². The molecule has 1 saturated carbocycles. The van der Waals surface area contributed by atoms with Crippen LogP contribution in [-0.4, -0.2) is 40.5 Å². The van der Waals surface area contributed by atoms with Gasteiger partial charge in [0.15, 0.2) is 11.6 Å². The van der Waals surface area contributed by atoms with Crippen LogP contribution in [0.4, 0.5) is 0 Å². The Labute approximate surface area is 216 Å². The number of benzene rings is 1. The molecule has 1 fully saturated rings. The van der Waals surface area contributed by atoms with Crippen molar-refractivity contribution in [2.75, 3.05) is 0 Å². The molecule has 0 saturated heterocycles. The van der Waals surface area contributed by atoms with E-state index in [2.05, 4.69) is 32.5 Å². The third-order valence-corrected chi connectivity index (χ3v) is 7.28. The molecule has 0 spiro atoms. The van der Waals surface area contributed by atoms with E-state index < -0.39 is 0 Å². The Morgan fingerprint density at radius 3 is 2.62 bits per heavy atom. The third-order valence-electron chi connectivity index (χ3n) is 7.28. The van der Waals surface area contributed by atoms with Crippen molar-refractivity contribution in [3.63, 3.8) is 0 Å². The number of nitrogens with zero attached hydrogens (tertiary/aromatic N) is 6. The second-order valence-electron chi connectivity index (χ2n) is 9.80. The number of pyridine rings is 1. The number of hydrogen-bond donors (Lipinski definition) is 1. The van der Waals surface area contributed by atoms with Crippen LogP contribution in [0.15, 0.2) is 53.7 Å². The summed E-state index contributed by atoms with van der Waals surface area (Å²) in [7, 11) is 0. The Bertz CT molecular complexity index is 1390. The molecule has 1 aromatic carbocycles. The van der Waals surface area contributed by atoms with E-state index in [1.165, 1.54) is 0 Å². The molecular formula is C28H33N7O2. The minimum absolute atomic E-state index is 0.104. The van der Waals surface area contributed by atoms with Crippen molar-refractivity contribution in [1.82, 2.24) is 34.7 Å². The fraction of sp³-hybridized carbons (Fsp3) is 0.429. The number of H-pyrrole nitrogens is 1. The number of aromatic amines is 1. The normalized spacial score (nSPS) is 16.5. The Morgan fingerprint density at radius 1 is 1.03 bits per heavy atom. The van der Waals surface area contributed by atoms with E-state index in [1.807, 2.05) is 47.3 Å². The number of aromatic nitrogens is 7. The zero-order valence-corrected chi connectivity index (χ0v) is 21.3. The Hall–Kier alpha value is -3.88. The summed E-state index contributed by atoms with van der Waals surface area (Å²) in [4.78, 5) is 31.1. The molecule has 37 heavy (non-hydrogen) atoms. The largest absolute Gasteiger partial charge is 0.329 e. The van der Waals surface area contributed by atoms with Crippen molar-refractivity contribution in [1.29, 1.82) is 0 Å². The van der Waals surface area contributed by atoms with Gasteiger partial charge in [0.25, 0.3) is 0 Å². The number of ketones is 1. The van der Waals surface area contributed by atoms with Gasteiger partial charge < -0.3 is 0 Å². The lowest BCUT2D eigenvalue weighted by Gasteiger charge is -2.19. The second kappa shape index (κ2) is 11.5. The van der Waals surface area contributed by atoms with Crippen LogP contribution in [0.1, 0.15) is 75.6 Å². The number of Topliss-reactive ketones (excluding diaryl/α,β-unsaturated/α-hetero) is 1. The van der Waals surface area contributed by atoms with E-state index in [0.717, 1.165) is 79.3 Å². The highest BCUT2D eigenvalue weighted by molar-refractivity contribution is 5.82. The Morgan fingerprint density at radius 2 is 1.84 bits per heavy atom. The monoisotopic (exact) mass is 499 g/mol. The molecule has 9 heteroatoms. The number of nitrogens with one attached hydrogen (secondary N) is 1. The lowest BCUT2D eigenvalue weighted by Crippen LogP contribution is -2.32. The smallest absolute Gasteiger partial charge is 0.297 e. The molecule has 192 valence electrons. The molecule has 3 aromatic heterocycles. The standard InChI is InChI=1S/C28H33N7O2/c1-2-3-8-23-19-35(25-9-6-4-5-7-10-26(25)36)28(37)34(23)18-22-17-29-16-15-24(22)20-11-13-21(14-12-20)27-30-32-33-31-27/h11-17,19,25H,2-10,18H2,1H3,(H,30,31,32,33). The molecule has 9 nitrogen and oxygen atoms in total. The van der Waals surface area contributed by atoms with Crippen molar-refractivity contribution in [2.45, 2.75) is 77.3 Å². The van der Waals surface area contributed by atoms with Crippen LogP contribution in [0.5, 0.6) is 0 Å². The summed E-state index contributed by atoms with van der Waals surface area (Å²) in [5, 5.41) is 14.0. The SMILES string of the molecule is CCCCc1cn(C2CCCCCCC2=O)c(=O)n1Cc1cnccc1-c1ccc(-c2nnn[nH]2)cc1. The maximum absolute atomic E-state index is 13.8.